The molecule has 0 aromatic heterocycles. The zero-order chi connectivity index (χ0) is 24.0. The minimum absolute atomic E-state index is 0.202. The Hall–Kier alpha value is -3.39. The van der Waals surface area contributed by atoms with Gasteiger partial charge in [0, 0.05) is 10.0 Å². The summed E-state index contributed by atoms with van der Waals surface area (Å²) in [6, 6.07) is 17.3. The molecule has 0 spiro atoms. The van der Waals surface area contributed by atoms with Gasteiger partial charge in [0.2, 0.25) is 0 Å². The van der Waals surface area contributed by atoms with Crippen molar-refractivity contribution in [3.8, 4) is 5.75 Å². The molecule has 0 aliphatic carbocycles. The van der Waals surface area contributed by atoms with Crippen LogP contribution >= 0.6 is 34.8 Å². The maximum Gasteiger partial charge on any atom is 0.343 e. The Kier molecular flexibility index (Phi) is 8.06. The number of esters is 1. The second-order valence-electron chi connectivity index (χ2n) is 6.64. The lowest BCUT2D eigenvalue weighted by Gasteiger charge is -2.08. The lowest BCUT2D eigenvalue weighted by atomic mass is 10.1. The first-order valence-corrected chi connectivity index (χ1v) is 10.5. The molecule has 2 amide bonds. The van der Waals surface area contributed by atoms with Crippen LogP contribution in [0.2, 0.25) is 15.1 Å². The van der Waals surface area contributed by atoms with Crippen molar-refractivity contribution >= 4 is 64.0 Å². The molecule has 3 aromatic rings. The molecule has 3 aromatic carbocycles. The van der Waals surface area contributed by atoms with Crippen molar-refractivity contribution in [1.82, 2.24) is 5.43 Å². The second kappa shape index (κ2) is 11.0. The van der Waals surface area contributed by atoms with Gasteiger partial charge in [0.25, 0.3) is 0 Å². The van der Waals surface area contributed by atoms with Crippen LogP contribution in [0.25, 0.3) is 0 Å². The Labute approximate surface area is 204 Å². The number of hydrogen-bond donors (Lipinski definition) is 2. The summed E-state index contributed by atoms with van der Waals surface area (Å²) in [6.07, 6.45) is 0. The van der Waals surface area contributed by atoms with Gasteiger partial charge in [-0.05, 0) is 73.2 Å². The summed E-state index contributed by atoms with van der Waals surface area (Å²) >= 11 is 17.7. The lowest BCUT2D eigenvalue weighted by Crippen LogP contribution is -2.33. The Morgan fingerprint density at radius 3 is 2.21 bits per heavy atom. The number of benzene rings is 3. The van der Waals surface area contributed by atoms with Gasteiger partial charge in [0.1, 0.15) is 5.75 Å². The van der Waals surface area contributed by atoms with Gasteiger partial charge in [0.05, 0.1) is 22.0 Å². The van der Waals surface area contributed by atoms with E-state index in [1.165, 1.54) is 18.2 Å². The van der Waals surface area contributed by atoms with Gasteiger partial charge in [0.15, 0.2) is 0 Å². The van der Waals surface area contributed by atoms with E-state index in [0.717, 1.165) is 0 Å². The van der Waals surface area contributed by atoms with Crippen LogP contribution in [0.5, 0.6) is 5.75 Å². The zero-order valence-electron chi connectivity index (χ0n) is 17.1. The van der Waals surface area contributed by atoms with Crippen LogP contribution in [0.4, 0.5) is 5.69 Å². The highest BCUT2D eigenvalue weighted by molar-refractivity contribution is 6.42. The fourth-order valence-electron chi connectivity index (χ4n) is 2.57. The van der Waals surface area contributed by atoms with E-state index in [9.17, 15) is 14.4 Å². The number of anilines is 1. The smallest absolute Gasteiger partial charge is 0.343 e. The third-order valence-corrected chi connectivity index (χ3v) is 5.05. The molecule has 3 rings (SSSR count). The van der Waals surface area contributed by atoms with Gasteiger partial charge in [-0.25, -0.2) is 10.2 Å². The van der Waals surface area contributed by atoms with Crippen LogP contribution in [0, 0.1) is 0 Å². The standard InChI is InChI=1S/C23H16Cl3N3O4/c1-13(28-29-22(31)21(30)27-20-12-17(25)7-10-19(20)26)14-5-8-18(9-6-14)33-23(32)15-3-2-4-16(24)11-15/h2-12H,1H3,(H,27,30)(H,29,31)/b28-13+. The van der Waals surface area contributed by atoms with Crippen LogP contribution in [0.3, 0.4) is 0 Å². The highest BCUT2D eigenvalue weighted by Gasteiger charge is 2.15. The molecule has 10 heteroatoms. The molecule has 0 aliphatic rings. The Morgan fingerprint density at radius 2 is 1.52 bits per heavy atom. The van der Waals surface area contributed by atoms with Crippen molar-refractivity contribution in [3.05, 3.63) is 92.9 Å². The molecule has 168 valence electrons. The monoisotopic (exact) mass is 503 g/mol. The van der Waals surface area contributed by atoms with E-state index in [1.807, 2.05) is 0 Å². The number of nitrogens with zero attached hydrogens (tertiary/aromatic N) is 1. The molecule has 0 saturated carbocycles. The van der Waals surface area contributed by atoms with E-state index < -0.39 is 17.8 Å². The number of hydrazone groups is 1. The van der Waals surface area contributed by atoms with Gasteiger partial charge in [-0.1, -0.05) is 40.9 Å². The summed E-state index contributed by atoms with van der Waals surface area (Å²) in [7, 11) is 0. The molecule has 0 fully saturated rings. The fraction of sp³-hybridized carbons (Fsp3) is 0.0435. The molecule has 2 N–H and O–H groups in total. The van der Waals surface area contributed by atoms with Gasteiger partial charge in [-0.3, -0.25) is 9.59 Å². The van der Waals surface area contributed by atoms with E-state index in [4.69, 9.17) is 39.5 Å². The number of ether oxygens (including phenoxy) is 1. The van der Waals surface area contributed by atoms with E-state index in [0.29, 0.717) is 32.6 Å². The van der Waals surface area contributed by atoms with E-state index in [-0.39, 0.29) is 10.7 Å². The number of rotatable bonds is 5. The number of amides is 2. The summed E-state index contributed by atoms with van der Waals surface area (Å²) in [5, 5.41) is 7.30. The quantitative estimate of drug-likeness (QED) is 0.161. The number of carbonyl (C=O) groups is 3. The van der Waals surface area contributed by atoms with Crippen molar-refractivity contribution in [2.24, 2.45) is 5.10 Å². The number of halogens is 3. The molecule has 0 heterocycles. The largest absolute Gasteiger partial charge is 0.423 e. The second-order valence-corrected chi connectivity index (χ2v) is 7.92. The summed E-state index contributed by atoms with van der Waals surface area (Å²) in [5.41, 5.74) is 3.75. The summed E-state index contributed by atoms with van der Waals surface area (Å²) in [5.74, 6) is -2.18. The van der Waals surface area contributed by atoms with Crippen molar-refractivity contribution < 1.29 is 19.1 Å². The average molecular weight is 505 g/mol. The number of hydrogen-bond acceptors (Lipinski definition) is 5. The van der Waals surface area contributed by atoms with E-state index in [1.54, 1.807) is 55.5 Å². The average Bonchev–Trinajstić information content (AvgIpc) is 2.80. The summed E-state index contributed by atoms with van der Waals surface area (Å²) in [6.45, 7) is 1.64. The predicted molar refractivity (Wildman–Crippen MR) is 128 cm³/mol. The van der Waals surface area contributed by atoms with Crippen LogP contribution in [0.1, 0.15) is 22.8 Å². The first-order chi connectivity index (χ1) is 15.7. The molecular weight excluding hydrogens is 489 g/mol. The summed E-state index contributed by atoms with van der Waals surface area (Å²) in [4.78, 5) is 36.3. The van der Waals surface area contributed by atoms with Crippen LogP contribution in [0.15, 0.2) is 71.8 Å². The predicted octanol–water partition coefficient (Wildman–Crippen LogP) is 5.34. The van der Waals surface area contributed by atoms with Crippen molar-refractivity contribution in [1.29, 1.82) is 0 Å². The van der Waals surface area contributed by atoms with Gasteiger partial charge >= 0.3 is 17.8 Å². The van der Waals surface area contributed by atoms with Gasteiger partial charge in [-0.15, -0.1) is 0 Å². The highest BCUT2D eigenvalue weighted by Crippen LogP contribution is 2.25. The molecule has 33 heavy (non-hydrogen) atoms. The van der Waals surface area contributed by atoms with Crippen LogP contribution in [-0.4, -0.2) is 23.5 Å². The normalized spacial score (nSPS) is 11.0. The first kappa shape index (κ1) is 24.3. The van der Waals surface area contributed by atoms with Crippen LogP contribution in [-0.2, 0) is 9.59 Å². The van der Waals surface area contributed by atoms with Crippen molar-refractivity contribution in [3.63, 3.8) is 0 Å². The van der Waals surface area contributed by atoms with Crippen molar-refractivity contribution in [2.75, 3.05) is 5.32 Å². The maximum atomic E-state index is 12.2. The molecule has 0 atom stereocenters. The molecular formula is C23H16Cl3N3O4. The molecule has 0 aliphatic heterocycles. The molecule has 0 radical (unpaired) electrons. The Balaban J connectivity index is 1.58. The molecule has 0 bridgehead atoms. The minimum atomic E-state index is -0.988. The zero-order valence-corrected chi connectivity index (χ0v) is 19.3. The van der Waals surface area contributed by atoms with Crippen LogP contribution < -0.4 is 15.5 Å². The first-order valence-electron chi connectivity index (χ1n) is 9.42. The van der Waals surface area contributed by atoms with E-state index >= 15 is 0 Å². The third-order valence-electron chi connectivity index (χ3n) is 4.25. The maximum absolute atomic E-state index is 12.2. The lowest BCUT2D eigenvalue weighted by molar-refractivity contribution is -0.136. The highest BCUT2D eigenvalue weighted by atomic mass is 35.5. The summed E-state index contributed by atoms with van der Waals surface area (Å²) < 4.78 is 5.31. The topological polar surface area (TPSA) is 96.9 Å². The molecule has 0 saturated heterocycles. The molecule has 0 unspecified atom stereocenters. The SMILES string of the molecule is C/C(=N\NC(=O)C(=O)Nc1cc(Cl)ccc1Cl)c1ccc(OC(=O)c2cccc(Cl)c2)cc1. The Bertz CT molecular complexity index is 1240. The third kappa shape index (κ3) is 6.79. The Morgan fingerprint density at radius 1 is 0.818 bits per heavy atom. The minimum Gasteiger partial charge on any atom is -0.423 e. The number of carbonyl (C=O) groups excluding carboxylic acids is 3. The van der Waals surface area contributed by atoms with Gasteiger partial charge in [-0.2, -0.15) is 5.10 Å². The fourth-order valence-corrected chi connectivity index (χ4v) is 3.10. The number of nitrogens with one attached hydrogen (secondary N) is 2. The molecule has 7 nitrogen and oxygen atoms in total. The van der Waals surface area contributed by atoms with Crippen molar-refractivity contribution in [2.45, 2.75) is 6.92 Å². The van der Waals surface area contributed by atoms with E-state index in [2.05, 4.69) is 15.8 Å². The van der Waals surface area contributed by atoms with Gasteiger partial charge < -0.3 is 10.1 Å².